The van der Waals surface area contributed by atoms with Gasteiger partial charge in [0.05, 0.1) is 66.2 Å². The molecule has 0 bridgehead atoms. The first kappa shape index (κ1) is 88.3. The van der Waals surface area contributed by atoms with Crippen molar-refractivity contribution in [3.05, 3.63) is 245 Å². The van der Waals surface area contributed by atoms with Gasteiger partial charge in [-0.1, -0.05) is 167 Å². The third-order valence-electron chi connectivity index (χ3n) is 12.6. The Balaban J connectivity index is 0.000000621. The zero-order valence-electron chi connectivity index (χ0n) is 54.9. The van der Waals surface area contributed by atoms with Crippen molar-refractivity contribution in [2.24, 2.45) is 5.73 Å². The first-order valence-electron chi connectivity index (χ1n) is 29.8. The summed E-state index contributed by atoms with van der Waals surface area (Å²) < 4.78 is 93.8. The van der Waals surface area contributed by atoms with Crippen LogP contribution in [0.25, 0.3) is 22.8 Å². The molecule has 0 spiro atoms. The molecular weight excluding hydrogens is 1650 g/mol. The second kappa shape index (κ2) is 49.7. The topological polar surface area (TPSA) is 338 Å². The van der Waals surface area contributed by atoms with Crippen LogP contribution in [0.2, 0.25) is 0 Å². The van der Waals surface area contributed by atoms with Crippen LogP contribution in [0.3, 0.4) is 0 Å². The van der Waals surface area contributed by atoms with E-state index < -0.39 is 44.3 Å². The zero-order chi connectivity index (χ0) is 71.9. The number of nitriles is 1. The van der Waals surface area contributed by atoms with Crippen molar-refractivity contribution in [1.82, 2.24) is 70.7 Å². The van der Waals surface area contributed by atoms with Crippen molar-refractivity contribution in [3.63, 3.8) is 0 Å². The molecule has 5 atom stereocenters. The molecule has 0 saturated heterocycles. The van der Waals surface area contributed by atoms with E-state index in [0.717, 1.165) is 15.6 Å². The summed E-state index contributed by atoms with van der Waals surface area (Å²) in [7, 11) is -1.00. The molecule has 0 aliphatic rings. The van der Waals surface area contributed by atoms with Crippen LogP contribution in [0.5, 0.6) is 0 Å². The molecule has 34 heteroatoms. The summed E-state index contributed by atoms with van der Waals surface area (Å²) >= 11 is 3.30. The number of anilines is 4. The third kappa shape index (κ3) is 32.7. The maximum absolute atomic E-state index is 12.4. The summed E-state index contributed by atoms with van der Waals surface area (Å²) in [6.45, 7) is 10.2. The summed E-state index contributed by atoms with van der Waals surface area (Å²) in [6.07, 6.45) is 2.74. The Kier molecular flexibility index (Phi) is 43.0. The van der Waals surface area contributed by atoms with E-state index in [1.807, 2.05) is 154 Å². The average Bonchev–Trinajstić information content (AvgIpc) is 1.70. The monoisotopic (exact) mass is 1720 g/mol. The number of alkyl halides is 7. The molecule has 0 saturated carbocycles. The van der Waals surface area contributed by atoms with Gasteiger partial charge in [-0.2, -0.15) is 36.8 Å². The van der Waals surface area contributed by atoms with Crippen molar-refractivity contribution in [1.29, 1.82) is 5.26 Å². The van der Waals surface area contributed by atoms with E-state index in [4.69, 9.17) is 16.8 Å². The first-order valence-corrected chi connectivity index (χ1v) is 29.9. The van der Waals surface area contributed by atoms with Crippen LogP contribution in [-0.4, -0.2) is 103 Å². The summed E-state index contributed by atoms with van der Waals surface area (Å²) in [4.78, 5) is 52.7. The Bertz CT molecular complexity index is 4050. The Labute approximate surface area is 634 Å². The zero-order valence-corrected chi connectivity index (χ0v) is 61.2. The number of esters is 2. The number of ether oxygens (including phenoxy) is 1. The van der Waals surface area contributed by atoms with Crippen molar-refractivity contribution in [2.75, 3.05) is 28.4 Å². The maximum Gasteiger partial charge on any atom is 0.381 e. The van der Waals surface area contributed by atoms with Crippen LogP contribution in [0.1, 0.15) is 127 Å². The van der Waals surface area contributed by atoms with E-state index in [9.17, 15) is 40.3 Å². The quantitative estimate of drug-likeness (QED) is 0.0264. The molecule has 7 N–H and O–H groups in total. The van der Waals surface area contributed by atoms with Gasteiger partial charge in [0, 0.05) is 97.0 Å². The van der Waals surface area contributed by atoms with Gasteiger partial charge in [-0.3, -0.25) is 4.39 Å². The van der Waals surface area contributed by atoms with Gasteiger partial charge in [-0.15, -0.1) is 20.4 Å². The number of aromatic amines is 1. The van der Waals surface area contributed by atoms with E-state index in [1.54, 1.807) is 24.8 Å². The number of nitrogens with one attached hydrogen (secondary N) is 5. The van der Waals surface area contributed by atoms with Gasteiger partial charge < -0.3 is 36.2 Å². The number of carbonyl (C=O) groups excluding carboxylic acids is 2. The molecule has 24 nitrogen and oxygen atoms in total. The van der Waals surface area contributed by atoms with E-state index in [-0.39, 0.29) is 105 Å². The van der Waals surface area contributed by atoms with E-state index in [2.05, 4.69) is 151 Å². The number of aromatic nitrogens is 14. The molecule has 0 aliphatic heterocycles. The molecule has 11 rings (SSSR count). The van der Waals surface area contributed by atoms with Crippen LogP contribution in [-0.2, 0) is 68.1 Å². The molecule has 102 heavy (non-hydrogen) atoms. The van der Waals surface area contributed by atoms with Crippen molar-refractivity contribution in [3.8, 4) is 28.9 Å². The third-order valence-corrected chi connectivity index (χ3v) is 13.1. The van der Waals surface area contributed by atoms with E-state index in [1.165, 1.54) is 47.0 Å². The maximum atomic E-state index is 12.4. The number of halogens is 8. The molecule has 5 aromatic carbocycles. The van der Waals surface area contributed by atoms with Gasteiger partial charge in [0.25, 0.3) is 11.8 Å². The predicted molar refractivity (Wildman–Crippen MR) is 369 cm³/mol. The van der Waals surface area contributed by atoms with Crippen LogP contribution in [0, 0.1) is 11.3 Å². The SMILES string of the molecule is C.C.CC(N)c1ccccc1.CC(Nc1ncc(-c2nn[nH]n2)cn1)c1ccccc1.CC(Nc1ncc(-c2nnc(C(F)F)o2)cn1)c1ccccc1.CC(Nc1ncc(Br)cn1)c1ccccc1.CC(Nc1ncc(C#N)cn1)c1ccccc1.O=C(OC(=O)C(F)F)C(F)F.[2H]CF.[W].[Y]. The van der Waals surface area contributed by atoms with Gasteiger partial charge in [0.15, 0.2) is 0 Å². The summed E-state index contributed by atoms with van der Waals surface area (Å²) in [5.74, 6) is -2.67. The fourth-order valence-corrected chi connectivity index (χ4v) is 7.83. The van der Waals surface area contributed by atoms with Crippen LogP contribution < -0.4 is 27.0 Å². The number of hydrogen-bond acceptors (Lipinski definition) is 23. The molecule has 535 valence electrons. The Morgan fingerprint density at radius 2 is 0.843 bits per heavy atom. The van der Waals surface area contributed by atoms with Gasteiger partial charge in [0.1, 0.15) is 6.07 Å². The standard InChI is InChI=1S/C15H13F2N5O.C13H13N7.C13H12N4.C12H12BrN3.C8H11N.C4H2F4O3.CH3F.2CH4.W.Y/c1-9(10-5-3-2-4-6-10)20-15-18-7-11(8-19-15)13-21-22-14(23-13)12(16)17;1-9(10-5-3-2-4-6-10)16-13-14-7-11(8-15-13)12-17-19-20-18-12;1-10(12-5-3-2-4-6-12)17-13-15-8-11(7-14)9-16-13;1-9(10-5-3-2-4-6-10)16-12-14-7-11(13)8-15-12;1-7(9)8-5-3-2-4-6-8;5-1(6)3(9)11-4(10)2(7)8;1-2;;;;/h2-9,12H,1H3,(H,18,19,20);2-9H,1H3,(H,14,15,16)(H,17,18,19,20);2-6,8-10H,1H3,(H,15,16,17);2-9H,1H3,(H,14,15,16);2-7H,9H2,1H3;1-2H;1H3;2*1H4;;/i;;;;;;1D;;;;. The van der Waals surface area contributed by atoms with Crippen molar-refractivity contribution < 1.29 is 105 Å². The Morgan fingerprint density at radius 3 is 1.12 bits per heavy atom. The number of hydrogen-bond donors (Lipinski definition) is 6. The van der Waals surface area contributed by atoms with Crippen LogP contribution >= 0.6 is 15.9 Å². The van der Waals surface area contributed by atoms with Crippen LogP contribution in [0.15, 0.2) is 210 Å². The molecule has 1 radical (unpaired) electrons. The van der Waals surface area contributed by atoms with Gasteiger partial charge in [-0.25, -0.2) is 49.5 Å². The number of tetrazole rings is 1. The second-order valence-electron chi connectivity index (χ2n) is 19.9. The normalized spacial score (nSPS) is 11.4. The minimum Gasteiger partial charge on any atom is -0.415 e. The Morgan fingerprint density at radius 1 is 0.529 bits per heavy atom. The molecule has 0 amide bonds. The van der Waals surface area contributed by atoms with Crippen molar-refractivity contribution in [2.45, 2.75) is 99.0 Å². The minimum absolute atomic E-state index is 0. The summed E-state index contributed by atoms with van der Waals surface area (Å²) in [6, 6.07) is 52.9. The molecule has 5 unspecified atom stereocenters. The van der Waals surface area contributed by atoms with E-state index in [0.29, 0.717) is 40.7 Å². The Hall–Kier alpha value is -9.80. The summed E-state index contributed by atoms with van der Waals surface area (Å²) in [5.41, 5.74) is 13.0. The molecule has 0 aliphatic carbocycles. The van der Waals surface area contributed by atoms with Gasteiger partial charge in [0.2, 0.25) is 29.6 Å². The smallest absolute Gasteiger partial charge is 0.381 e. The van der Waals surface area contributed by atoms with Gasteiger partial charge in [-0.05, 0) is 83.6 Å². The molecule has 6 aromatic heterocycles. The summed E-state index contributed by atoms with van der Waals surface area (Å²) in [5, 5.41) is 41.9. The van der Waals surface area contributed by atoms with Gasteiger partial charge >= 0.3 is 31.2 Å². The fourth-order valence-electron chi connectivity index (χ4n) is 7.62. The minimum atomic E-state index is -3.57. The molecule has 11 aromatic rings. The van der Waals surface area contributed by atoms with Crippen molar-refractivity contribution >= 4 is 51.7 Å². The second-order valence-corrected chi connectivity index (χ2v) is 20.8. The average molecular weight is 1720 g/mol. The number of benzene rings is 5. The predicted octanol–water partition coefficient (Wildman–Crippen LogP) is 15.5. The number of nitrogens with two attached hydrogens (primary N) is 1. The molecule has 6 heterocycles. The molecular formula is C68H74BrF7N20O4WY. The fraction of sp³-hybridized carbons (Fsp3) is 0.235. The number of nitrogens with zero attached hydrogens (tertiary/aromatic N) is 14. The van der Waals surface area contributed by atoms with Crippen LogP contribution in [0.4, 0.5) is 54.5 Å². The number of H-pyrrole nitrogens is 1. The first-order chi connectivity index (χ1) is 47.7. The molecule has 0 fully saturated rings. The van der Waals surface area contributed by atoms with E-state index >= 15 is 0 Å². The largest absolute Gasteiger partial charge is 0.415 e. The number of rotatable bonds is 18. The number of carbonyl (C=O) groups is 2.